The van der Waals surface area contributed by atoms with Crippen molar-refractivity contribution >= 4 is 5.97 Å². The quantitative estimate of drug-likeness (QED) is 0.268. The Kier molecular flexibility index (Phi) is 8.22. The van der Waals surface area contributed by atoms with Crippen molar-refractivity contribution in [3.05, 3.63) is 70.3 Å². The number of rotatable bonds is 7. The maximum absolute atomic E-state index is 12.3. The molecule has 0 aliphatic rings. The Labute approximate surface area is 200 Å². The second-order valence-electron chi connectivity index (χ2n) is 11.5. The number of carbonyl (C=O) groups is 1. The summed E-state index contributed by atoms with van der Waals surface area (Å²) in [6.45, 7) is 23.0. The van der Waals surface area contributed by atoms with Crippen molar-refractivity contribution in [1.82, 2.24) is 0 Å². The van der Waals surface area contributed by atoms with Gasteiger partial charge in [0.2, 0.25) is 0 Å². The van der Waals surface area contributed by atoms with E-state index in [0.717, 1.165) is 46.2 Å². The first kappa shape index (κ1) is 26.7. The Bertz CT molecular complexity index is 1020. The third kappa shape index (κ3) is 6.72. The van der Waals surface area contributed by atoms with Gasteiger partial charge in [0, 0.05) is 12.5 Å². The smallest absolute Gasteiger partial charge is 0.335 e. The highest BCUT2D eigenvalue weighted by Gasteiger charge is 2.27. The van der Waals surface area contributed by atoms with Gasteiger partial charge < -0.3 is 9.84 Å². The second kappa shape index (κ2) is 10.2. The number of hydrogen-bond donors (Lipinski definition) is 1. The Morgan fingerprint density at radius 3 is 2.06 bits per heavy atom. The topological polar surface area (TPSA) is 46.5 Å². The van der Waals surface area contributed by atoms with E-state index in [2.05, 4.69) is 74.1 Å². The molecule has 180 valence electrons. The number of aryl methyl sites for hydroxylation is 2. The lowest BCUT2D eigenvalue weighted by atomic mass is 9.75. The van der Waals surface area contributed by atoms with Gasteiger partial charge in [-0.3, -0.25) is 0 Å². The van der Waals surface area contributed by atoms with Crippen LogP contribution in [0, 0.1) is 25.2 Å². The molecule has 0 bridgehead atoms. The summed E-state index contributed by atoms with van der Waals surface area (Å²) in [7, 11) is 0. The van der Waals surface area contributed by atoms with E-state index in [1.54, 1.807) is 0 Å². The highest BCUT2D eigenvalue weighted by molar-refractivity contribution is 5.84. The zero-order chi connectivity index (χ0) is 25.1. The molecule has 0 radical (unpaired) electrons. The van der Waals surface area contributed by atoms with Gasteiger partial charge in [-0.15, -0.1) is 0 Å². The summed E-state index contributed by atoms with van der Waals surface area (Å²) in [6.07, 6.45) is 3.55. The summed E-state index contributed by atoms with van der Waals surface area (Å²) in [5.74, 6) is 0.895. The van der Waals surface area contributed by atoms with Crippen LogP contribution in [0.25, 0.3) is 0 Å². The highest BCUT2D eigenvalue weighted by Crippen LogP contribution is 2.39. The summed E-state index contributed by atoms with van der Waals surface area (Å²) in [6, 6.07) is 8.26. The first-order valence-corrected chi connectivity index (χ1v) is 12.0. The van der Waals surface area contributed by atoms with Crippen molar-refractivity contribution in [2.45, 2.75) is 87.0 Å². The summed E-state index contributed by atoms with van der Waals surface area (Å²) < 4.78 is 5.84. The molecule has 1 atom stereocenters. The molecular weight excluding hydrogens is 408 g/mol. The molecule has 3 nitrogen and oxygen atoms in total. The zero-order valence-electron chi connectivity index (χ0n) is 22.1. The van der Waals surface area contributed by atoms with Crippen molar-refractivity contribution in [2.24, 2.45) is 11.3 Å². The lowest BCUT2D eigenvalue weighted by molar-refractivity contribution is -0.129. The van der Waals surface area contributed by atoms with Crippen LogP contribution in [0.15, 0.2) is 36.9 Å². The number of ether oxygens (including phenoxy) is 1. The van der Waals surface area contributed by atoms with Gasteiger partial charge in [0.1, 0.15) is 11.5 Å². The van der Waals surface area contributed by atoms with Gasteiger partial charge in [0.05, 0.1) is 0 Å². The van der Waals surface area contributed by atoms with Crippen molar-refractivity contribution in [3.63, 3.8) is 0 Å². The predicted molar refractivity (Wildman–Crippen MR) is 138 cm³/mol. The molecule has 0 aliphatic heterocycles. The average Bonchev–Trinajstić information content (AvgIpc) is 2.68. The van der Waals surface area contributed by atoms with Gasteiger partial charge in [-0.1, -0.05) is 96.9 Å². The molecule has 3 heteroatoms. The third-order valence-corrected chi connectivity index (χ3v) is 6.46. The van der Waals surface area contributed by atoms with Crippen LogP contribution >= 0.6 is 0 Å². The summed E-state index contributed by atoms with van der Waals surface area (Å²) in [4.78, 5) is 12.3. The van der Waals surface area contributed by atoms with E-state index in [4.69, 9.17) is 4.74 Å². The number of hydrogen-bond acceptors (Lipinski definition) is 3. The van der Waals surface area contributed by atoms with Gasteiger partial charge in [0.15, 0.2) is 0 Å². The van der Waals surface area contributed by atoms with E-state index in [0.29, 0.717) is 23.8 Å². The van der Waals surface area contributed by atoms with Gasteiger partial charge >= 0.3 is 5.97 Å². The van der Waals surface area contributed by atoms with Gasteiger partial charge in [-0.05, 0) is 59.3 Å². The van der Waals surface area contributed by atoms with E-state index in [1.807, 2.05) is 19.1 Å². The number of benzene rings is 2. The third-order valence-electron chi connectivity index (χ3n) is 6.46. The van der Waals surface area contributed by atoms with Crippen LogP contribution in [0.4, 0.5) is 0 Å². The maximum Gasteiger partial charge on any atom is 0.335 e. The fraction of sp³-hybridized carbons (Fsp3) is 0.500. The predicted octanol–water partition coefficient (Wildman–Crippen LogP) is 7.60. The first-order chi connectivity index (χ1) is 15.2. The lowest BCUT2D eigenvalue weighted by Crippen LogP contribution is -2.22. The summed E-state index contributed by atoms with van der Waals surface area (Å²) >= 11 is 0. The SMILES string of the molecule is C=CC(=O)Oc1c(Cc2cc(C)cc(C(C)(C)C)c2O)cc(C)cc1CC(CC)C(C)(C)C. The van der Waals surface area contributed by atoms with Crippen LogP contribution in [0.2, 0.25) is 0 Å². The number of esters is 1. The number of carbonyl (C=O) groups excluding carboxylic acids is 1. The number of phenols is 1. The minimum Gasteiger partial charge on any atom is -0.507 e. The van der Waals surface area contributed by atoms with Gasteiger partial charge in [0.25, 0.3) is 0 Å². The Morgan fingerprint density at radius 2 is 1.55 bits per heavy atom. The molecule has 0 spiro atoms. The average molecular weight is 451 g/mol. The number of phenolic OH excluding ortho intramolecular Hbond substituents is 1. The molecule has 33 heavy (non-hydrogen) atoms. The Morgan fingerprint density at radius 1 is 1.00 bits per heavy atom. The van der Waals surface area contributed by atoms with Crippen molar-refractivity contribution in [3.8, 4) is 11.5 Å². The number of aromatic hydroxyl groups is 1. The lowest BCUT2D eigenvalue weighted by Gasteiger charge is -2.31. The minimum atomic E-state index is -0.464. The van der Waals surface area contributed by atoms with Crippen molar-refractivity contribution in [2.75, 3.05) is 0 Å². The largest absolute Gasteiger partial charge is 0.507 e. The standard InChI is InChI=1S/C30H42O3/c1-11-24(29(5,6)7)18-23-15-19(3)14-22(28(23)33-26(31)12-2)17-21-13-20(4)16-25(27(21)32)30(8,9)10/h12-16,24,32H,2,11,17-18H2,1,3-10H3. The molecule has 0 fully saturated rings. The van der Waals surface area contributed by atoms with Crippen LogP contribution < -0.4 is 4.74 Å². The highest BCUT2D eigenvalue weighted by atomic mass is 16.5. The maximum atomic E-state index is 12.3. The molecule has 0 heterocycles. The van der Waals surface area contributed by atoms with E-state index >= 15 is 0 Å². The molecule has 2 rings (SSSR count). The van der Waals surface area contributed by atoms with Gasteiger partial charge in [-0.25, -0.2) is 4.79 Å². The molecule has 1 unspecified atom stereocenters. The van der Waals surface area contributed by atoms with Crippen LogP contribution in [0.3, 0.4) is 0 Å². The molecule has 2 aromatic rings. The summed E-state index contributed by atoms with van der Waals surface area (Å²) in [5, 5.41) is 11.1. The molecule has 0 saturated carbocycles. The normalized spacial score (nSPS) is 13.0. The molecule has 0 amide bonds. The minimum absolute atomic E-state index is 0.134. The van der Waals surface area contributed by atoms with E-state index in [-0.39, 0.29) is 10.8 Å². The molecule has 2 aromatic carbocycles. The Hall–Kier alpha value is -2.55. The molecule has 1 N–H and O–H groups in total. The van der Waals surface area contributed by atoms with Crippen LogP contribution in [-0.4, -0.2) is 11.1 Å². The fourth-order valence-electron chi connectivity index (χ4n) is 4.58. The monoisotopic (exact) mass is 450 g/mol. The van der Waals surface area contributed by atoms with Crippen LogP contribution in [0.5, 0.6) is 11.5 Å². The molecule has 0 aromatic heterocycles. The van der Waals surface area contributed by atoms with Crippen molar-refractivity contribution < 1.29 is 14.6 Å². The van der Waals surface area contributed by atoms with E-state index in [9.17, 15) is 9.90 Å². The van der Waals surface area contributed by atoms with Crippen LogP contribution in [-0.2, 0) is 23.1 Å². The van der Waals surface area contributed by atoms with E-state index in [1.165, 1.54) is 6.08 Å². The fourth-order valence-corrected chi connectivity index (χ4v) is 4.58. The summed E-state index contributed by atoms with van der Waals surface area (Å²) in [5.41, 5.74) is 5.88. The van der Waals surface area contributed by atoms with E-state index < -0.39 is 5.97 Å². The molecule has 0 aliphatic carbocycles. The molecule has 0 saturated heterocycles. The first-order valence-electron chi connectivity index (χ1n) is 12.0. The Balaban J connectivity index is 2.66. The van der Waals surface area contributed by atoms with Crippen LogP contribution in [0.1, 0.15) is 88.3 Å². The molecular formula is C30H42O3. The van der Waals surface area contributed by atoms with Crippen molar-refractivity contribution in [1.29, 1.82) is 0 Å². The van der Waals surface area contributed by atoms with Gasteiger partial charge in [-0.2, -0.15) is 0 Å². The second-order valence-corrected chi connectivity index (χ2v) is 11.5. The zero-order valence-corrected chi connectivity index (χ0v) is 22.1.